The van der Waals surface area contributed by atoms with Crippen molar-refractivity contribution in [2.24, 2.45) is 0 Å². The van der Waals surface area contributed by atoms with E-state index in [1.54, 1.807) is 6.07 Å². The summed E-state index contributed by atoms with van der Waals surface area (Å²) in [6, 6.07) is 15.5. The molecule has 0 bridgehead atoms. The maximum atomic E-state index is 9.74. The zero-order valence-electron chi connectivity index (χ0n) is 9.60. The van der Waals surface area contributed by atoms with Crippen LogP contribution in [0.25, 0.3) is 0 Å². The Bertz CT molecular complexity index is 513. The lowest BCUT2D eigenvalue weighted by atomic mass is 10.2. The summed E-state index contributed by atoms with van der Waals surface area (Å²) < 4.78 is 1.05. The van der Waals surface area contributed by atoms with E-state index < -0.39 is 0 Å². The Kier molecular flexibility index (Phi) is 3.69. The summed E-state index contributed by atoms with van der Waals surface area (Å²) in [5.41, 5.74) is 2.03. The van der Waals surface area contributed by atoms with Crippen LogP contribution in [0.15, 0.2) is 53.0 Å². The van der Waals surface area contributed by atoms with Crippen molar-refractivity contribution in [1.29, 1.82) is 0 Å². The molecule has 0 radical (unpaired) electrons. The molecular weight excluding hydrogens is 278 g/mol. The third-order valence-electron chi connectivity index (χ3n) is 2.66. The highest BCUT2D eigenvalue weighted by atomic mass is 79.9. The number of phenolic OH excluding ortho intramolecular Hbond substituents is 1. The van der Waals surface area contributed by atoms with Gasteiger partial charge < -0.3 is 10.0 Å². The van der Waals surface area contributed by atoms with Gasteiger partial charge in [-0.05, 0) is 34.1 Å². The normalized spacial score (nSPS) is 10.2. The molecule has 0 aliphatic rings. The first-order valence-electron chi connectivity index (χ1n) is 5.41. The van der Waals surface area contributed by atoms with E-state index in [1.807, 2.05) is 49.5 Å². The zero-order valence-corrected chi connectivity index (χ0v) is 11.2. The second-order valence-electron chi connectivity index (χ2n) is 3.94. The maximum absolute atomic E-state index is 9.74. The Labute approximate surface area is 110 Å². The van der Waals surface area contributed by atoms with E-state index in [2.05, 4.69) is 20.8 Å². The van der Waals surface area contributed by atoms with Gasteiger partial charge in [-0.25, -0.2) is 0 Å². The predicted octanol–water partition coefficient (Wildman–Crippen LogP) is 3.79. The molecule has 17 heavy (non-hydrogen) atoms. The number of nitrogens with zero attached hydrogens (tertiary/aromatic N) is 1. The van der Waals surface area contributed by atoms with E-state index in [0.717, 1.165) is 15.7 Å². The quantitative estimate of drug-likeness (QED) is 0.930. The molecule has 0 aliphatic carbocycles. The Balaban J connectivity index is 2.20. The molecule has 0 saturated heterocycles. The van der Waals surface area contributed by atoms with E-state index in [4.69, 9.17) is 0 Å². The highest BCUT2D eigenvalue weighted by Crippen LogP contribution is 2.27. The van der Waals surface area contributed by atoms with Crippen molar-refractivity contribution < 1.29 is 5.11 Å². The first-order chi connectivity index (χ1) is 8.18. The van der Waals surface area contributed by atoms with Crippen LogP contribution in [0.3, 0.4) is 0 Å². The molecule has 0 heterocycles. The molecular formula is C14H14BrNO. The van der Waals surface area contributed by atoms with Gasteiger partial charge in [-0.15, -0.1) is 0 Å². The van der Waals surface area contributed by atoms with Crippen molar-refractivity contribution in [3.63, 3.8) is 0 Å². The molecule has 2 rings (SSSR count). The molecule has 0 atom stereocenters. The van der Waals surface area contributed by atoms with Gasteiger partial charge in [-0.1, -0.05) is 30.3 Å². The Morgan fingerprint density at radius 1 is 1.06 bits per heavy atom. The number of hydrogen-bond acceptors (Lipinski definition) is 2. The summed E-state index contributed by atoms with van der Waals surface area (Å²) >= 11 is 3.52. The molecule has 1 N–H and O–H groups in total. The van der Waals surface area contributed by atoms with Gasteiger partial charge in [-0.2, -0.15) is 0 Å². The van der Waals surface area contributed by atoms with E-state index in [-0.39, 0.29) is 0 Å². The Morgan fingerprint density at radius 2 is 1.71 bits per heavy atom. The standard InChI is InChI=1S/C14H14BrNO/c1-16(13-8-4-3-7-12(13)15)10-11-6-2-5-9-14(11)17/h2-9,17H,10H2,1H3. The predicted molar refractivity (Wildman–Crippen MR) is 74.4 cm³/mol. The lowest BCUT2D eigenvalue weighted by Gasteiger charge is -2.21. The highest BCUT2D eigenvalue weighted by molar-refractivity contribution is 9.10. The van der Waals surface area contributed by atoms with Gasteiger partial charge in [0, 0.05) is 23.6 Å². The molecule has 0 unspecified atom stereocenters. The van der Waals surface area contributed by atoms with Crippen LogP contribution in [-0.2, 0) is 6.54 Å². The SMILES string of the molecule is CN(Cc1ccccc1O)c1ccccc1Br. The van der Waals surface area contributed by atoms with E-state index in [1.165, 1.54) is 0 Å². The molecule has 88 valence electrons. The number of aromatic hydroxyl groups is 1. The fourth-order valence-electron chi connectivity index (χ4n) is 1.75. The summed E-state index contributed by atoms with van der Waals surface area (Å²) in [5.74, 6) is 0.339. The molecule has 0 fully saturated rings. The van der Waals surface area contributed by atoms with E-state index >= 15 is 0 Å². The summed E-state index contributed by atoms with van der Waals surface area (Å²) in [5, 5.41) is 9.74. The van der Waals surface area contributed by atoms with Crippen LogP contribution in [0.5, 0.6) is 5.75 Å². The number of anilines is 1. The van der Waals surface area contributed by atoms with Crippen LogP contribution in [0.2, 0.25) is 0 Å². The average Bonchev–Trinajstić information content (AvgIpc) is 2.32. The molecule has 0 aliphatic heterocycles. The minimum atomic E-state index is 0.339. The van der Waals surface area contributed by atoms with Crippen molar-refractivity contribution in [3.05, 3.63) is 58.6 Å². The van der Waals surface area contributed by atoms with Crippen LogP contribution in [-0.4, -0.2) is 12.2 Å². The van der Waals surface area contributed by atoms with Crippen LogP contribution in [0.4, 0.5) is 5.69 Å². The minimum Gasteiger partial charge on any atom is -0.508 e. The number of para-hydroxylation sites is 2. The smallest absolute Gasteiger partial charge is 0.120 e. The Hall–Kier alpha value is -1.48. The fraction of sp³-hybridized carbons (Fsp3) is 0.143. The van der Waals surface area contributed by atoms with Gasteiger partial charge in [0.1, 0.15) is 5.75 Å². The molecule has 2 aromatic rings. The number of rotatable bonds is 3. The van der Waals surface area contributed by atoms with E-state index in [9.17, 15) is 5.11 Å². The molecule has 2 nitrogen and oxygen atoms in total. The van der Waals surface area contributed by atoms with Crippen LogP contribution < -0.4 is 4.90 Å². The van der Waals surface area contributed by atoms with Crippen molar-refractivity contribution in [2.75, 3.05) is 11.9 Å². The fourth-order valence-corrected chi connectivity index (χ4v) is 2.33. The Morgan fingerprint density at radius 3 is 2.41 bits per heavy atom. The largest absolute Gasteiger partial charge is 0.508 e. The van der Waals surface area contributed by atoms with Gasteiger partial charge in [0.05, 0.1) is 5.69 Å². The first-order valence-corrected chi connectivity index (χ1v) is 6.20. The molecule has 2 aromatic carbocycles. The number of halogens is 1. The van der Waals surface area contributed by atoms with Gasteiger partial charge in [-0.3, -0.25) is 0 Å². The zero-order chi connectivity index (χ0) is 12.3. The molecule has 0 spiro atoms. The number of phenols is 1. The summed E-state index contributed by atoms with van der Waals surface area (Å²) in [6.45, 7) is 0.676. The van der Waals surface area contributed by atoms with Crippen molar-refractivity contribution in [3.8, 4) is 5.75 Å². The average molecular weight is 292 g/mol. The van der Waals surface area contributed by atoms with Gasteiger partial charge in [0.25, 0.3) is 0 Å². The van der Waals surface area contributed by atoms with Crippen molar-refractivity contribution >= 4 is 21.6 Å². The van der Waals surface area contributed by atoms with Gasteiger partial charge in [0.15, 0.2) is 0 Å². The topological polar surface area (TPSA) is 23.5 Å². The third kappa shape index (κ3) is 2.80. The first kappa shape index (κ1) is 12.0. The van der Waals surface area contributed by atoms with Crippen molar-refractivity contribution in [1.82, 2.24) is 0 Å². The molecule has 3 heteroatoms. The van der Waals surface area contributed by atoms with Crippen LogP contribution >= 0.6 is 15.9 Å². The number of hydrogen-bond donors (Lipinski definition) is 1. The third-order valence-corrected chi connectivity index (χ3v) is 3.33. The van der Waals surface area contributed by atoms with Crippen LogP contribution in [0.1, 0.15) is 5.56 Å². The lowest BCUT2D eigenvalue weighted by Crippen LogP contribution is -2.16. The second kappa shape index (κ2) is 5.23. The highest BCUT2D eigenvalue weighted by Gasteiger charge is 2.07. The minimum absolute atomic E-state index is 0.339. The van der Waals surface area contributed by atoms with Crippen molar-refractivity contribution in [2.45, 2.75) is 6.54 Å². The van der Waals surface area contributed by atoms with Gasteiger partial charge in [0.2, 0.25) is 0 Å². The molecule has 0 amide bonds. The summed E-state index contributed by atoms with van der Waals surface area (Å²) in [6.07, 6.45) is 0. The summed E-state index contributed by atoms with van der Waals surface area (Å²) in [7, 11) is 2.01. The maximum Gasteiger partial charge on any atom is 0.120 e. The lowest BCUT2D eigenvalue weighted by molar-refractivity contribution is 0.468. The number of benzene rings is 2. The monoisotopic (exact) mass is 291 g/mol. The van der Waals surface area contributed by atoms with Gasteiger partial charge >= 0.3 is 0 Å². The summed E-state index contributed by atoms with van der Waals surface area (Å²) in [4.78, 5) is 2.10. The molecule has 0 aromatic heterocycles. The second-order valence-corrected chi connectivity index (χ2v) is 4.79. The molecule has 0 saturated carbocycles. The van der Waals surface area contributed by atoms with E-state index in [0.29, 0.717) is 12.3 Å². The van der Waals surface area contributed by atoms with Crippen LogP contribution in [0, 0.1) is 0 Å².